The third-order valence-corrected chi connectivity index (χ3v) is 5.62. The van der Waals surface area contributed by atoms with Crippen molar-refractivity contribution < 1.29 is 9.90 Å². The van der Waals surface area contributed by atoms with Gasteiger partial charge in [-0.15, -0.1) is 0 Å². The van der Waals surface area contributed by atoms with E-state index in [-0.39, 0.29) is 15.7 Å². The van der Waals surface area contributed by atoms with Crippen LogP contribution in [0.4, 0.5) is 11.4 Å². The molecule has 0 spiro atoms. The molecule has 4 aromatic carbocycles. The van der Waals surface area contributed by atoms with Gasteiger partial charge in [-0.05, 0) is 75.6 Å². The molecule has 4 rings (SSSR count). The molecule has 0 amide bonds. The number of allylic oxidation sites excluding steroid dienone is 1. The third-order valence-electron chi connectivity index (χ3n) is 5.03. The number of rotatable bonds is 5. The van der Waals surface area contributed by atoms with E-state index in [4.69, 9.17) is 0 Å². The first-order chi connectivity index (χ1) is 15.9. The molecule has 0 heterocycles. The number of aromatic hydroxyl groups is 1. The van der Waals surface area contributed by atoms with E-state index in [9.17, 15) is 14.7 Å². The molecule has 33 heavy (non-hydrogen) atoms. The summed E-state index contributed by atoms with van der Waals surface area (Å²) in [6.45, 7) is 1.97. The van der Waals surface area contributed by atoms with Crippen LogP contribution in [0.3, 0.4) is 0 Å². The van der Waals surface area contributed by atoms with E-state index in [2.05, 4.69) is 26.2 Å². The maximum Gasteiger partial charge on any atom is 0.235 e. The van der Waals surface area contributed by atoms with Crippen molar-refractivity contribution in [3.8, 4) is 5.75 Å². The second-order valence-corrected chi connectivity index (χ2v) is 8.35. The molecule has 0 radical (unpaired) electrons. The Labute approximate surface area is 198 Å². The van der Waals surface area contributed by atoms with Crippen molar-refractivity contribution in [2.45, 2.75) is 6.92 Å². The highest BCUT2D eigenvalue weighted by atomic mass is 79.9. The Morgan fingerprint density at radius 2 is 1.58 bits per heavy atom. The fourth-order valence-electron chi connectivity index (χ4n) is 3.23. The average Bonchev–Trinajstić information content (AvgIpc) is 2.93. The highest BCUT2D eigenvalue weighted by Gasteiger charge is 2.14. The Morgan fingerprint density at radius 1 is 0.879 bits per heavy atom. The van der Waals surface area contributed by atoms with E-state index in [0.717, 1.165) is 21.9 Å². The average molecular weight is 499 g/mol. The summed E-state index contributed by atoms with van der Waals surface area (Å²) in [7, 11) is 0. The largest absolute Gasteiger partial charge is 0.504 e. The monoisotopic (exact) mass is 498 g/mol. The van der Waals surface area contributed by atoms with Crippen molar-refractivity contribution in [1.82, 2.24) is 0 Å². The Bertz CT molecular complexity index is 1480. The molecule has 162 valence electrons. The molecule has 0 saturated heterocycles. The number of hydrogen-bond donors (Lipinski definition) is 1. The van der Waals surface area contributed by atoms with Gasteiger partial charge in [0.1, 0.15) is 0 Å². The minimum atomic E-state index is -0.700. The van der Waals surface area contributed by atoms with Crippen LogP contribution in [0.2, 0.25) is 0 Å². The van der Waals surface area contributed by atoms with Crippen molar-refractivity contribution in [2.75, 3.05) is 0 Å². The second-order valence-electron chi connectivity index (χ2n) is 7.49. The molecule has 0 fully saturated rings. The molecule has 4 aromatic rings. The van der Waals surface area contributed by atoms with Crippen LogP contribution in [0, 0.1) is 6.92 Å². The zero-order valence-electron chi connectivity index (χ0n) is 17.7. The minimum Gasteiger partial charge on any atom is -0.504 e. The lowest BCUT2D eigenvalue weighted by molar-refractivity contribution is 0.104. The van der Waals surface area contributed by atoms with Gasteiger partial charge < -0.3 is 5.11 Å². The number of aryl methyl sites for hydroxylation is 1. The molecule has 0 bridgehead atoms. The smallest absolute Gasteiger partial charge is 0.235 e. The SMILES string of the molecule is Cc1ccc(N=Nc2cc(C(=O)/C=C/c3ccc4ccccc4c3)c(O)c(=O)c(Br)c2)cc1. The lowest BCUT2D eigenvalue weighted by atomic mass is 10.1. The molecule has 0 unspecified atom stereocenters. The summed E-state index contributed by atoms with van der Waals surface area (Å²) in [5.74, 6) is -1.17. The Kier molecular flexibility index (Phi) is 6.56. The number of fused-ring (bicyclic) bond motifs is 1. The molecule has 0 aliphatic carbocycles. The highest BCUT2D eigenvalue weighted by molar-refractivity contribution is 9.10. The topological polar surface area (TPSA) is 79.1 Å². The van der Waals surface area contributed by atoms with E-state index < -0.39 is 17.0 Å². The number of halogens is 1. The van der Waals surface area contributed by atoms with Crippen LogP contribution in [-0.2, 0) is 0 Å². The van der Waals surface area contributed by atoms with Crippen molar-refractivity contribution in [1.29, 1.82) is 0 Å². The van der Waals surface area contributed by atoms with Gasteiger partial charge in [0.15, 0.2) is 11.5 Å². The van der Waals surface area contributed by atoms with Gasteiger partial charge in [-0.3, -0.25) is 9.59 Å². The van der Waals surface area contributed by atoms with Gasteiger partial charge in [-0.2, -0.15) is 10.2 Å². The van der Waals surface area contributed by atoms with Crippen molar-refractivity contribution >= 4 is 49.9 Å². The molecule has 5 nitrogen and oxygen atoms in total. The van der Waals surface area contributed by atoms with Gasteiger partial charge in [-0.25, -0.2) is 0 Å². The maximum atomic E-state index is 12.9. The number of ketones is 1. The first kappa shape index (κ1) is 22.3. The van der Waals surface area contributed by atoms with E-state index in [1.807, 2.05) is 73.7 Å². The predicted octanol–water partition coefficient (Wildman–Crippen LogP) is 7.29. The van der Waals surface area contributed by atoms with Gasteiger partial charge in [0.25, 0.3) is 0 Å². The quantitative estimate of drug-likeness (QED) is 0.178. The summed E-state index contributed by atoms with van der Waals surface area (Å²) >= 11 is 3.14. The number of carbonyl (C=O) groups is 1. The number of carbonyl (C=O) groups excluding carboxylic acids is 1. The second kappa shape index (κ2) is 9.71. The summed E-state index contributed by atoms with van der Waals surface area (Å²) in [5, 5.41) is 20.9. The van der Waals surface area contributed by atoms with Crippen molar-refractivity contribution in [3.63, 3.8) is 0 Å². The fraction of sp³-hybridized carbons (Fsp3) is 0.0370. The van der Waals surface area contributed by atoms with E-state index in [1.54, 1.807) is 6.08 Å². The van der Waals surface area contributed by atoms with E-state index in [1.165, 1.54) is 18.2 Å². The van der Waals surface area contributed by atoms with Crippen molar-refractivity contribution in [3.05, 3.63) is 116 Å². The fourth-order valence-corrected chi connectivity index (χ4v) is 3.66. The molecule has 0 aromatic heterocycles. The summed E-state index contributed by atoms with van der Waals surface area (Å²) in [5.41, 5.74) is 1.94. The standard InChI is InChI=1S/C27H19BrN2O3/c1-17-6-11-21(12-7-17)29-30-22-15-23(26(32)27(33)24(28)16-22)25(31)13-9-18-8-10-19-4-2-3-5-20(19)14-18/h2-16H,1H3,(H,32,33)/b13-9+,30-29?. The Morgan fingerprint density at radius 3 is 2.33 bits per heavy atom. The van der Waals surface area contributed by atoms with Crippen LogP contribution >= 0.6 is 15.9 Å². The Balaban J connectivity index is 1.68. The number of hydrogen-bond acceptors (Lipinski definition) is 5. The molecule has 0 aliphatic rings. The number of benzene rings is 3. The van der Waals surface area contributed by atoms with Crippen LogP contribution in [0.25, 0.3) is 16.8 Å². The van der Waals surface area contributed by atoms with Gasteiger partial charge >= 0.3 is 0 Å². The Hall–Kier alpha value is -3.90. The normalized spacial score (nSPS) is 11.5. The van der Waals surface area contributed by atoms with Crippen LogP contribution in [0.1, 0.15) is 21.5 Å². The lowest BCUT2D eigenvalue weighted by Crippen LogP contribution is -2.03. The summed E-state index contributed by atoms with van der Waals surface area (Å²) < 4.78 is 0.0791. The maximum absolute atomic E-state index is 12.9. The zero-order valence-corrected chi connectivity index (χ0v) is 19.3. The molecule has 0 atom stereocenters. The van der Waals surface area contributed by atoms with Crippen LogP contribution in [0.5, 0.6) is 5.75 Å². The predicted molar refractivity (Wildman–Crippen MR) is 135 cm³/mol. The minimum absolute atomic E-state index is 0.0791. The zero-order chi connectivity index (χ0) is 23.4. The summed E-state index contributed by atoms with van der Waals surface area (Å²) in [6, 6.07) is 23.9. The van der Waals surface area contributed by atoms with Gasteiger partial charge in [-0.1, -0.05) is 60.2 Å². The molecular weight excluding hydrogens is 480 g/mol. The van der Waals surface area contributed by atoms with Gasteiger partial charge in [0, 0.05) is 0 Å². The van der Waals surface area contributed by atoms with Gasteiger partial charge in [0.05, 0.1) is 21.4 Å². The van der Waals surface area contributed by atoms with E-state index in [0.29, 0.717) is 5.69 Å². The summed E-state index contributed by atoms with van der Waals surface area (Å²) in [4.78, 5) is 25.3. The number of nitrogens with zero attached hydrogens (tertiary/aromatic N) is 2. The third kappa shape index (κ3) is 5.30. The van der Waals surface area contributed by atoms with Crippen LogP contribution < -0.4 is 5.43 Å². The molecule has 0 saturated carbocycles. The summed E-state index contributed by atoms with van der Waals surface area (Å²) in [6.07, 6.45) is 2.97. The molecule has 6 heteroatoms. The number of azo groups is 1. The molecule has 1 N–H and O–H groups in total. The first-order valence-corrected chi connectivity index (χ1v) is 11.0. The highest BCUT2D eigenvalue weighted by Crippen LogP contribution is 2.25. The van der Waals surface area contributed by atoms with Crippen LogP contribution in [0.15, 0.2) is 104 Å². The van der Waals surface area contributed by atoms with Crippen LogP contribution in [-0.4, -0.2) is 10.9 Å². The van der Waals surface area contributed by atoms with E-state index >= 15 is 0 Å². The van der Waals surface area contributed by atoms with Gasteiger partial charge in [0.2, 0.25) is 5.43 Å². The lowest BCUT2D eigenvalue weighted by Gasteiger charge is -2.00. The molecule has 0 aliphatic heterocycles. The van der Waals surface area contributed by atoms with Crippen molar-refractivity contribution in [2.24, 2.45) is 10.2 Å². The first-order valence-electron chi connectivity index (χ1n) is 10.2. The molecular formula is C27H19BrN2O3.